The van der Waals surface area contributed by atoms with E-state index in [1.54, 1.807) is 6.20 Å². The highest BCUT2D eigenvalue weighted by Crippen LogP contribution is 2.16. The number of nitrogens with zero attached hydrogens (tertiary/aromatic N) is 3. The second kappa shape index (κ2) is 5.33. The van der Waals surface area contributed by atoms with Crippen molar-refractivity contribution in [1.29, 1.82) is 5.26 Å². The zero-order valence-electron chi connectivity index (χ0n) is 8.69. The van der Waals surface area contributed by atoms with Crippen molar-refractivity contribution >= 4 is 0 Å². The third-order valence-electron chi connectivity index (χ3n) is 2.37. The van der Waals surface area contributed by atoms with E-state index in [1.807, 2.05) is 17.3 Å². The first kappa shape index (κ1) is 10.6. The zero-order chi connectivity index (χ0) is 10.4. The molecule has 0 aromatic carbocycles. The monoisotopic (exact) mass is 191 g/mol. The van der Waals surface area contributed by atoms with Crippen LogP contribution in [-0.2, 0) is 0 Å². The van der Waals surface area contributed by atoms with Crippen LogP contribution < -0.4 is 0 Å². The van der Waals surface area contributed by atoms with Crippen molar-refractivity contribution in [2.24, 2.45) is 0 Å². The van der Waals surface area contributed by atoms with E-state index in [2.05, 4.69) is 24.5 Å². The Kier molecular flexibility index (Phi) is 4.06. The average Bonchev–Trinajstić information content (AvgIpc) is 2.60. The van der Waals surface area contributed by atoms with Crippen LogP contribution in [0.15, 0.2) is 25.2 Å². The van der Waals surface area contributed by atoms with Crippen molar-refractivity contribution in [1.82, 2.24) is 9.80 Å². The predicted octanol–water partition coefficient (Wildman–Crippen LogP) is 2.26. The van der Waals surface area contributed by atoms with E-state index < -0.39 is 0 Å². The first-order chi connectivity index (χ1) is 6.83. The van der Waals surface area contributed by atoms with Gasteiger partial charge in [-0.05, 0) is 12.6 Å². The summed E-state index contributed by atoms with van der Waals surface area (Å²) in [5.41, 5.74) is 0. The normalized spacial score (nSPS) is 19.9. The molecule has 1 atom stereocenters. The third kappa shape index (κ3) is 2.29. The second-order valence-corrected chi connectivity index (χ2v) is 3.38. The van der Waals surface area contributed by atoms with E-state index in [0.717, 1.165) is 13.0 Å². The third-order valence-corrected chi connectivity index (χ3v) is 2.37. The van der Waals surface area contributed by atoms with E-state index in [1.165, 1.54) is 12.8 Å². The Morgan fingerprint density at radius 3 is 2.86 bits per heavy atom. The van der Waals surface area contributed by atoms with Gasteiger partial charge in [0.1, 0.15) is 6.07 Å². The van der Waals surface area contributed by atoms with E-state index in [0.29, 0.717) is 0 Å². The van der Waals surface area contributed by atoms with Crippen LogP contribution >= 0.6 is 0 Å². The topological polar surface area (TPSA) is 30.3 Å². The van der Waals surface area contributed by atoms with Gasteiger partial charge in [0.05, 0.1) is 0 Å². The molecule has 0 saturated carbocycles. The van der Waals surface area contributed by atoms with Crippen LogP contribution in [0.2, 0.25) is 0 Å². The lowest BCUT2D eigenvalue weighted by Gasteiger charge is -2.24. The Bertz CT molecular complexity index is 252. The van der Waals surface area contributed by atoms with E-state index in [4.69, 9.17) is 5.26 Å². The van der Waals surface area contributed by atoms with Gasteiger partial charge in [0, 0.05) is 18.9 Å². The maximum atomic E-state index is 8.97. The molecule has 0 spiro atoms. The Balaban J connectivity index is 2.43. The summed E-state index contributed by atoms with van der Waals surface area (Å²) in [6, 6.07) is 2.26. The Labute approximate surface area is 85.9 Å². The number of hydrogen-bond donors (Lipinski definition) is 0. The largest absolute Gasteiger partial charge is 0.344 e. The first-order valence-corrected chi connectivity index (χ1v) is 5.07. The van der Waals surface area contributed by atoms with Gasteiger partial charge in [0.15, 0.2) is 6.17 Å². The lowest BCUT2D eigenvalue weighted by Crippen LogP contribution is -2.34. The van der Waals surface area contributed by atoms with Crippen molar-refractivity contribution in [2.75, 3.05) is 6.54 Å². The van der Waals surface area contributed by atoms with Crippen LogP contribution in [0.3, 0.4) is 0 Å². The molecule has 0 aromatic heterocycles. The molecule has 1 aliphatic rings. The van der Waals surface area contributed by atoms with Crippen molar-refractivity contribution in [3.05, 3.63) is 25.2 Å². The van der Waals surface area contributed by atoms with E-state index in [9.17, 15) is 0 Å². The van der Waals surface area contributed by atoms with Gasteiger partial charge < -0.3 is 9.80 Å². The molecule has 0 bridgehead atoms. The Morgan fingerprint density at radius 2 is 2.29 bits per heavy atom. The molecule has 1 unspecified atom stereocenters. The quantitative estimate of drug-likeness (QED) is 0.624. The van der Waals surface area contributed by atoms with Crippen LogP contribution in [0.25, 0.3) is 0 Å². The molecular weight excluding hydrogens is 174 g/mol. The zero-order valence-corrected chi connectivity index (χ0v) is 8.69. The van der Waals surface area contributed by atoms with E-state index in [-0.39, 0.29) is 6.17 Å². The second-order valence-electron chi connectivity index (χ2n) is 3.38. The smallest absolute Gasteiger partial charge is 0.195 e. The fraction of sp³-hybridized carbons (Fsp3) is 0.545. The molecule has 0 radical (unpaired) electrons. The minimum absolute atomic E-state index is 0.190. The minimum atomic E-state index is -0.190. The van der Waals surface area contributed by atoms with Crippen LogP contribution in [0.1, 0.15) is 26.2 Å². The van der Waals surface area contributed by atoms with E-state index >= 15 is 0 Å². The van der Waals surface area contributed by atoms with Gasteiger partial charge in [-0.1, -0.05) is 26.3 Å². The van der Waals surface area contributed by atoms with Crippen molar-refractivity contribution in [2.45, 2.75) is 32.4 Å². The molecule has 3 heteroatoms. The van der Waals surface area contributed by atoms with Gasteiger partial charge >= 0.3 is 0 Å². The van der Waals surface area contributed by atoms with Crippen molar-refractivity contribution in [3.8, 4) is 6.07 Å². The van der Waals surface area contributed by atoms with Crippen molar-refractivity contribution < 1.29 is 0 Å². The summed E-state index contributed by atoms with van der Waals surface area (Å²) in [5, 5.41) is 8.97. The highest BCUT2D eigenvalue weighted by Gasteiger charge is 2.23. The van der Waals surface area contributed by atoms with Crippen LogP contribution in [0.5, 0.6) is 0 Å². The molecule has 1 rings (SSSR count). The maximum absolute atomic E-state index is 8.97. The Morgan fingerprint density at radius 1 is 1.50 bits per heavy atom. The summed E-state index contributed by atoms with van der Waals surface area (Å²) in [7, 11) is 0. The minimum Gasteiger partial charge on any atom is -0.344 e. The Hall–Kier alpha value is -1.43. The number of nitriles is 1. The number of unbranched alkanes of at least 4 members (excludes halogenated alkanes) is 2. The maximum Gasteiger partial charge on any atom is 0.195 e. The SMILES string of the molecule is C=CN1C=CN(CCCCC)C1C#N. The van der Waals surface area contributed by atoms with Gasteiger partial charge in [-0.3, -0.25) is 0 Å². The molecule has 0 aliphatic carbocycles. The summed E-state index contributed by atoms with van der Waals surface area (Å²) in [6.07, 6.45) is 8.92. The summed E-state index contributed by atoms with van der Waals surface area (Å²) in [4.78, 5) is 3.88. The molecule has 1 aliphatic heterocycles. The molecule has 76 valence electrons. The highest BCUT2D eigenvalue weighted by molar-refractivity contribution is 5.09. The standard InChI is InChI=1S/C11H17N3/c1-3-5-6-7-14-9-8-13(4-2)11(14)10-12/h4,8-9,11H,2-3,5-7H2,1H3. The fourth-order valence-electron chi connectivity index (χ4n) is 1.54. The van der Waals surface area contributed by atoms with Crippen molar-refractivity contribution in [3.63, 3.8) is 0 Å². The van der Waals surface area contributed by atoms with Gasteiger partial charge in [0.2, 0.25) is 0 Å². The van der Waals surface area contributed by atoms with Crippen LogP contribution in [-0.4, -0.2) is 22.5 Å². The number of rotatable bonds is 5. The van der Waals surface area contributed by atoms with Crippen LogP contribution in [0, 0.1) is 11.3 Å². The molecule has 0 saturated heterocycles. The number of hydrogen-bond acceptors (Lipinski definition) is 3. The molecule has 0 amide bonds. The molecule has 3 nitrogen and oxygen atoms in total. The molecular formula is C11H17N3. The lowest BCUT2D eigenvalue weighted by atomic mass is 10.2. The first-order valence-electron chi connectivity index (χ1n) is 5.07. The average molecular weight is 191 g/mol. The van der Waals surface area contributed by atoms with Gasteiger partial charge in [-0.25, -0.2) is 0 Å². The molecule has 0 aromatic rings. The summed E-state index contributed by atoms with van der Waals surface area (Å²) < 4.78 is 0. The summed E-state index contributed by atoms with van der Waals surface area (Å²) >= 11 is 0. The van der Waals surface area contributed by atoms with Crippen LogP contribution in [0.4, 0.5) is 0 Å². The lowest BCUT2D eigenvalue weighted by molar-refractivity contribution is 0.243. The molecule has 1 heterocycles. The predicted molar refractivity (Wildman–Crippen MR) is 56.8 cm³/mol. The fourth-order valence-corrected chi connectivity index (χ4v) is 1.54. The van der Waals surface area contributed by atoms with Gasteiger partial charge in [-0.2, -0.15) is 5.26 Å². The summed E-state index contributed by atoms with van der Waals surface area (Å²) in [6.45, 7) is 6.80. The summed E-state index contributed by atoms with van der Waals surface area (Å²) in [5.74, 6) is 0. The molecule has 14 heavy (non-hydrogen) atoms. The molecule has 0 N–H and O–H groups in total. The molecule has 0 fully saturated rings. The highest BCUT2D eigenvalue weighted by atomic mass is 15.4. The van der Waals surface area contributed by atoms with Gasteiger partial charge in [0.25, 0.3) is 0 Å². The van der Waals surface area contributed by atoms with Gasteiger partial charge in [-0.15, -0.1) is 0 Å².